The monoisotopic (exact) mass is 439 g/mol. The molecule has 1 aromatic heterocycles. The quantitative estimate of drug-likeness (QED) is 0.488. The Hall–Kier alpha value is -1.08. The first-order valence-electron chi connectivity index (χ1n) is 7.30. The standard InChI is InChI=1S/C17H15BrClN3S2/c1-11-4-2-3-5-12(11)9-24-10-16-20-21-17(23)22(16)15-7-6-13(18)8-14(15)19/h2-8H,9-10H2,1H3,(H,21,23). The lowest BCUT2D eigenvalue weighted by Gasteiger charge is -2.10. The van der Waals surface area contributed by atoms with E-state index >= 15 is 0 Å². The number of nitrogens with one attached hydrogen (secondary N) is 1. The molecule has 1 heterocycles. The van der Waals surface area contributed by atoms with E-state index in [1.54, 1.807) is 11.8 Å². The molecule has 0 amide bonds. The summed E-state index contributed by atoms with van der Waals surface area (Å²) in [6.45, 7) is 2.13. The van der Waals surface area contributed by atoms with E-state index in [9.17, 15) is 0 Å². The molecule has 0 radical (unpaired) electrons. The Morgan fingerprint density at radius 1 is 1.25 bits per heavy atom. The summed E-state index contributed by atoms with van der Waals surface area (Å²) >= 11 is 17.0. The molecule has 24 heavy (non-hydrogen) atoms. The molecule has 7 heteroatoms. The van der Waals surface area contributed by atoms with Crippen LogP contribution in [0.25, 0.3) is 5.69 Å². The molecule has 0 spiro atoms. The predicted octanol–water partition coefficient (Wildman–Crippen LogP) is 6.09. The predicted molar refractivity (Wildman–Crippen MR) is 108 cm³/mol. The van der Waals surface area contributed by atoms with Gasteiger partial charge in [-0.2, -0.15) is 5.10 Å². The molecule has 0 saturated heterocycles. The fourth-order valence-electron chi connectivity index (χ4n) is 2.36. The molecular formula is C17H15BrClN3S2. The Morgan fingerprint density at radius 2 is 2.04 bits per heavy atom. The number of H-pyrrole nitrogens is 1. The topological polar surface area (TPSA) is 33.6 Å². The van der Waals surface area contributed by atoms with E-state index in [1.807, 2.05) is 22.8 Å². The second-order valence-electron chi connectivity index (χ2n) is 5.30. The Bertz CT molecular complexity index is 920. The second-order valence-corrected chi connectivity index (χ2v) is 7.99. The van der Waals surface area contributed by atoms with Crippen LogP contribution in [0.15, 0.2) is 46.9 Å². The van der Waals surface area contributed by atoms with Gasteiger partial charge in [0.25, 0.3) is 0 Å². The van der Waals surface area contributed by atoms with Crippen LogP contribution in [0, 0.1) is 11.7 Å². The molecule has 0 aliphatic carbocycles. The molecule has 0 saturated carbocycles. The molecule has 0 unspecified atom stereocenters. The largest absolute Gasteiger partial charge is 0.270 e. The van der Waals surface area contributed by atoms with Crippen LogP contribution < -0.4 is 0 Å². The van der Waals surface area contributed by atoms with Gasteiger partial charge in [0.05, 0.1) is 16.5 Å². The summed E-state index contributed by atoms with van der Waals surface area (Å²) < 4.78 is 3.38. The molecule has 0 aliphatic rings. The van der Waals surface area contributed by atoms with Crippen molar-refractivity contribution >= 4 is 51.5 Å². The first-order chi connectivity index (χ1) is 11.6. The highest BCUT2D eigenvalue weighted by atomic mass is 79.9. The minimum Gasteiger partial charge on any atom is -0.270 e. The fraction of sp³-hybridized carbons (Fsp3) is 0.176. The van der Waals surface area contributed by atoms with Gasteiger partial charge >= 0.3 is 0 Å². The number of hydrogen-bond acceptors (Lipinski definition) is 3. The molecule has 3 rings (SSSR count). The van der Waals surface area contributed by atoms with E-state index in [4.69, 9.17) is 23.8 Å². The van der Waals surface area contributed by atoms with Crippen molar-refractivity contribution in [1.82, 2.24) is 14.8 Å². The van der Waals surface area contributed by atoms with Crippen LogP contribution in [0.5, 0.6) is 0 Å². The van der Waals surface area contributed by atoms with Gasteiger partial charge in [0.2, 0.25) is 0 Å². The lowest BCUT2D eigenvalue weighted by Crippen LogP contribution is -2.01. The second kappa shape index (κ2) is 7.87. The minimum absolute atomic E-state index is 0.547. The third kappa shape index (κ3) is 3.94. The summed E-state index contributed by atoms with van der Waals surface area (Å²) in [5.74, 6) is 2.54. The Kier molecular flexibility index (Phi) is 5.81. The molecule has 3 aromatic rings. The van der Waals surface area contributed by atoms with Crippen molar-refractivity contribution < 1.29 is 0 Å². The number of thioether (sulfide) groups is 1. The number of aryl methyl sites for hydroxylation is 1. The summed E-state index contributed by atoms with van der Waals surface area (Å²) in [6.07, 6.45) is 0. The van der Waals surface area contributed by atoms with Gasteiger partial charge in [-0.05, 0) is 48.5 Å². The summed E-state index contributed by atoms with van der Waals surface area (Å²) in [5, 5.41) is 7.87. The number of aromatic nitrogens is 3. The maximum atomic E-state index is 6.37. The maximum absolute atomic E-state index is 6.37. The van der Waals surface area contributed by atoms with Gasteiger partial charge in [-0.25, -0.2) is 0 Å². The smallest absolute Gasteiger partial charge is 0.199 e. The summed E-state index contributed by atoms with van der Waals surface area (Å²) in [4.78, 5) is 0. The van der Waals surface area contributed by atoms with Crippen molar-refractivity contribution in [2.45, 2.75) is 18.4 Å². The lowest BCUT2D eigenvalue weighted by atomic mass is 10.1. The average Bonchev–Trinajstić information content (AvgIpc) is 2.90. The summed E-state index contributed by atoms with van der Waals surface area (Å²) in [5.41, 5.74) is 3.48. The number of rotatable bonds is 5. The zero-order valence-corrected chi connectivity index (χ0v) is 16.9. The van der Waals surface area contributed by atoms with Gasteiger partial charge in [0.15, 0.2) is 4.77 Å². The van der Waals surface area contributed by atoms with E-state index in [1.165, 1.54) is 11.1 Å². The van der Waals surface area contributed by atoms with Crippen LogP contribution in [0.4, 0.5) is 0 Å². The van der Waals surface area contributed by atoms with Crippen molar-refractivity contribution in [1.29, 1.82) is 0 Å². The van der Waals surface area contributed by atoms with Crippen LogP contribution >= 0.6 is 51.5 Å². The minimum atomic E-state index is 0.547. The molecule has 2 aromatic carbocycles. The first kappa shape index (κ1) is 17.7. The molecular weight excluding hydrogens is 426 g/mol. The van der Waals surface area contributed by atoms with E-state index in [0.29, 0.717) is 9.79 Å². The SMILES string of the molecule is Cc1ccccc1CSCc1n[nH]c(=S)n1-c1ccc(Br)cc1Cl. The average molecular weight is 441 g/mol. The molecule has 3 nitrogen and oxygen atoms in total. The van der Waals surface area contributed by atoms with Gasteiger partial charge in [-0.3, -0.25) is 9.67 Å². The molecule has 0 fully saturated rings. The van der Waals surface area contributed by atoms with Crippen molar-refractivity contribution in [3.05, 3.63) is 73.7 Å². The first-order valence-corrected chi connectivity index (χ1v) is 10.0. The zero-order valence-electron chi connectivity index (χ0n) is 12.9. The van der Waals surface area contributed by atoms with Crippen LogP contribution in [0.1, 0.15) is 17.0 Å². The van der Waals surface area contributed by atoms with Crippen molar-refractivity contribution in [2.24, 2.45) is 0 Å². The summed E-state index contributed by atoms with van der Waals surface area (Å²) in [6, 6.07) is 14.2. The number of hydrogen-bond donors (Lipinski definition) is 1. The zero-order chi connectivity index (χ0) is 17.1. The number of nitrogens with zero attached hydrogens (tertiary/aromatic N) is 2. The van der Waals surface area contributed by atoms with Crippen LogP contribution in [0.3, 0.4) is 0 Å². The van der Waals surface area contributed by atoms with Gasteiger partial charge < -0.3 is 0 Å². The van der Waals surface area contributed by atoms with Crippen LogP contribution in [0.2, 0.25) is 5.02 Å². The molecule has 1 N–H and O–H groups in total. The Labute approximate surface area is 163 Å². The highest BCUT2D eigenvalue weighted by Gasteiger charge is 2.12. The van der Waals surface area contributed by atoms with Crippen molar-refractivity contribution in [2.75, 3.05) is 0 Å². The molecule has 0 aliphatic heterocycles. The van der Waals surface area contributed by atoms with Gasteiger partial charge in [-0.15, -0.1) is 11.8 Å². The van der Waals surface area contributed by atoms with Crippen molar-refractivity contribution in [3.63, 3.8) is 0 Å². The van der Waals surface area contributed by atoms with Crippen molar-refractivity contribution in [3.8, 4) is 5.69 Å². The van der Waals surface area contributed by atoms with Crippen LogP contribution in [-0.2, 0) is 11.5 Å². The highest BCUT2D eigenvalue weighted by molar-refractivity contribution is 9.10. The van der Waals surface area contributed by atoms with Gasteiger partial charge in [-0.1, -0.05) is 51.8 Å². The van der Waals surface area contributed by atoms with E-state index in [2.05, 4.69) is 57.3 Å². The highest BCUT2D eigenvalue weighted by Crippen LogP contribution is 2.27. The molecule has 0 bridgehead atoms. The number of aromatic amines is 1. The third-order valence-electron chi connectivity index (χ3n) is 3.64. The fourth-order valence-corrected chi connectivity index (χ4v) is 4.39. The molecule has 0 atom stereocenters. The normalized spacial score (nSPS) is 11.0. The van der Waals surface area contributed by atoms with Gasteiger partial charge in [0.1, 0.15) is 5.82 Å². The maximum Gasteiger partial charge on any atom is 0.199 e. The Morgan fingerprint density at radius 3 is 2.79 bits per heavy atom. The van der Waals surface area contributed by atoms with E-state index in [-0.39, 0.29) is 0 Å². The van der Waals surface area contributed by atoms with E-state index < -0.39 is 0 Å². The Balaban J connectivity index is 1.80. The van der Waals surface area contributed by atoms with E-state index in [0.717, 1.165) is 27.5 Å². The lowest BCUT2D eigenvalue weighted by molar-refractivity contribution is 0.948. The van der Waals surface area contributed by atoms with Crippen LogP contribution in [-0.4, -0.2) is 14.8 Å². The number of halogens is 2. The van der Waals surface area contributed by atoms with Gasteiger partial charge in [0, 0.05) is 10.2 Å². The summed E-state index contributed by atoms with van der Waals surface area (Å²) in [7, 11) is 0. The number of benzene rings is 2. The molecule has 124 valence electrons. The third-order valence-corrected chi connectivity index (χ3v) is 5.69.